The second-order valence-corrected chi connectivity index (χ2v) is 20.1. The zero-order chi connectivity index (χ0) is 29.7. The van der Waals surface area contributed by atoms with Gasteiger partial charge in [0.15, 0.2) is 5.78 Å². The lowest BCUT2D eigenvalue weighted by Crippen LogP contribution is -2.47. The predicted molar refractivity (Wildman–Crippen MR) is 174 cm³/mol. The first-order valence-electron chi connectivity index (χ1n) is 14.1. The number of Topliss-reactive ketones (excluding diaryl/α,β-unsaturated/α-hetero) is 1. The van der Waals surface area contributed by atoms with Crippen molar-refractivity contribution in [1.82, 2.24) is 9.97 Å². The molecule has 3 N–H and O–H groups in total. The van der Waals surface area contributed by atoms with Crippen molar-refractivity contribution in [3.63, 3.8) is 0 Å². The summed E-state index contributed by atoms with van der Waals surface area (Å²) in [7, 11) is 1.07. The number of ketones is 1. The second-order valence-electron chi connectivity index (χ2n) is 8.42. The number of imidazole rings is 1. The summed E-state index contributed by atoms with van der Waals surface area (Å²) in [6.45, 7) is 15.0. The molecule has 0 aromatic carbocycles. The van der Waals surface area contributed by atoms with E-state index in [1.54, 1.807) is 53.8 Å². The molecule has 234 valence electrons. The van der Waals surface area contributed by atoms with Crippen LogP contribution in [0.25, 0.3) is 0 Å². The molecule has 0 fully saturated rings. The van der Waals surface area contributed by atoms with E-state index in [4.69, 9.17) is 32.3 Å². The fourth-order valence-electron chi connectivity index (χ4n) is 3.98. The third kappa shape index (κ3) is 14.7. The van der Waals surface area contributed by atoms with Crippen LogP contribution in [0, 0.1) is 0 Å². The molecular formula is C24H49N3O7S4Si2. The zero-order valence-electron chi connectivity index (χ0n) is 24.8. The number of hydrogen-bond donors (Lipinski definition) is 2. The van der Waals surface area contributed by atoms with E-state index in [9.17, 15) is 4.79 Å². The highest BCUT2D eigenvalue weighted by molar-refractivity contribution is 9.26. The van der Waals surface area contributed by atoms with Crippen LogP contribution in [0.4, 0.5) is 0 Å². The zero-order valence-corrected chi connectivity index (χ0v) is 30.1. The maximum atomic E-state index is 13.5. The van der Waals surface area contributed by atoms with E-state index in [1.165, 1.54) is 0 Å². The molecule has 0 aliphatic carbocycles. The molecule has 1 aromatic heterocycles. The average Bonchev–Trinajstić information content (AvgIpc) is 3.43. The molecule has 0 aliphatic rings. The number of hydrogen-bond acceptors (Lipinski definition) is 13. The number of nitrogens with two attached hydrogens (primary N) is 1. The molecule has 1 unspecified atom stereocenters. The SMILES string of the molecule is CCO[Si](CCCSSSSC(CC[Si](OCC)(OCC)OCC)C(=O)[C@@H](N)Cc1c[nH]cn1)(OCC)OCC. The third-order valence-electron chi connectivity index (χ3n) is 5.51. The Bertz CT molecular complexity index is 741. The minimum Gasteiger partial charge on any atom is -0.374 e. The summed E-state index contributed by atoms with van der Waals surface area (Å²) in [5, 5.41) is -0.325. The van der Waals surface area contributed by atoms with Gasteiger partial charge in [0.25, 0.3) is 0 Å². The Labute approximate surface area is 258 Å². The molecule has 0 aliphatic heterocycles. The van der Waals surface area contributed by atoms with Crippen molar-refractivity contribution in [1.29, 1.82) is 0 Å². The van der Waals surface area contributed by atoms with Gasteiger partial charge < -0.3 is 37.3 Å². The molecule has 0 amide bonds. The van der Waals surface area contributed by atoms with Crippen LogP contribution in [0.15, 0.2) is 12.5 Å². The average molecular weight is 676 g/mol. The van der Waals surface area contributed by atoms with Gasteiger partial charge in [0.2, 0.25) is 0 Å². The van der Waals surface area contributed by atoms with E-state index >= 15 is 0 Å². The molecule has 0 bridgehead atoms. The molecule has 1 heterocycles. The Morgan fingerprint density at radius 1 is 0.875 bits per heavy atom. The summed E-state index contributed by atoms with van der Waals surface area (Å²) in [5.74, 6) is 0.923. The number of carbonyl (C=O) groups is 1. The van der Waals surface area contributed by atoms with E-state index in [0.29, 0.717) is 58.5 Å². The summed E-state index contributed by atoms with van der Waals surface area (Å²) in [4.78, 5) is 20.6. The van der Waals surface area contributed by atoms with Crippen LogP contribution in [-0.2, 0) is 37.8 Å². The Balaban J connectivity index is 2.72. The van der Waals surface area contributed by atoms with E-state index in [-0.39, 0.29) is 11.0 Å². The first-order valence-corrected chi connectivity index (χ1v) is 23.0. The molecule has 40 heavy (non-hydrogen) atoms. The van der Waals surface area contributed by atoms with Crippen LogP contribution in [0.5, 0.6) is 0 Å². The summed E-state index contributed by atoms with van der Waals surface area (Å²) in [5.41, 5.74) is 7.13. The summed E-state index contributed by atoms with van der Waals surface area (Å²) < 4.78 is 35.9. The maximum Gasteiger partial charge on any atom is 0.500 e. The van der Waals surface area contributed by atoms with E-state index in [0.717, 1.165) is 23.9 Å². The molecule has 0 radical (unpaired) electrons. The molecule has 2 atom stereocenters. The molecule has 10 nitrogen and oxygen atoms in total. The molecule has 0 spiro atoms. The van der Waals surface area contributed by atoms with Crippen LogP contribution < -0.4 is 5.73 Å². The Morgan fingerprint density at radius 3 is 1.88 bits per heavy atom. The topological polar surface area (TPSA) is 127 Å². The number of nitrogens with zero attached hydrogens (tertiary/aromatic N) is 1. The second kappa shape index (κ2) is 22.9. The smallest absolute Gasteiger partial charge is 0.374 e. The van der Waals surface area contributed by atoms with Gasteiger partial charge in [-0.3, -0.25) is 4.79 Å². The molecule has 16 heteroatoms. The Morgan fingerprint density at radius 2 is 1.40 bits per heavy atom. The number of aromatic amines is 1. The van der Waals surface area contributed by atoms with Crippen molar-refractivity contribution in [3.05, 3.63) is 18.2 Å². The van der Waals surface area contributed by atoms with Gasteiger partial charge in [-0.1, -0.05) is 21.6 Å². The van der Waals surface area contributed by atoms with Crippen molar-refractivity contribution in [2.24, 2.45) is 5.73 Å². The maximum absolute atomic E-state index is 13.5. The highest BCUT2D eigenvalue weighted by atomic mass is 33.7. The monoisotopic (exact) mass is 675 g/mol. The minimum absolute atomic E-state index is 0.000535. The van der Waals surface area contributed by atoms with Crippen LogP contribution in [0.2, 0.25) is 12.1 Å². The lowest BCUT2D eigenvalue weighted by atomic mass is 10.0. The van der Waals surface area contributed by atoms with Gasteiger partial charge >= 0.3 is 17.6 Å². The Kier molecular flexibility index (Phi) is 22.0. The first-order chi connectivity index (χ1) is 19.3. The highest BCUT2D eigenvalue weighted by Crippen LogP contribution is 2.47. The minimum atomic E-state index is -2.88. The van der Waals surface area contributed by atoms with E-state index in [1.807, 2.05) is 41.5 Å². The van der Waals surface area contributed by atoms with Gasteiger partial charge in [-0.2, -0.15) is 0 Å². The normalized spacial score (nSPS) is 14.0. The summed E-state index contributed by atoms with van der Waals surface area (Å²) in [6, 6.07) is 0.698. The standard InChI is InChI=1S/C24H49N3O7S4Si2/c1-7-29-39(30-8-2,31-9-3)16-13-15-35-37-38-36-23(24(28)22(25)18-21-19-26-20-27-21)14-17-40(32-10-4,33-11-5)34-12-6/h19-20,22-23H,7-18,25H2,1-6H3,(H,26,27)/t22-,23?/m0/s1. The number of H-pyrrole nitrogens is 1. The van der Waals surface area contributed by atoms with Crippen LogP contribution >= 0.6 is 41.2 Å². The quantitative estimate of drug-likeness (QED) is 0.0666. The fraction of sp³-hybridized carbons (Fsp3) is 0.833. The van der Waals surface area contributed by atoms with E-state index < -0.39 is 23.7 Å². The van der Waals surface area contributed by atoms with Crippen molar-refractivity contribution >= 4 is 64.6 Å². The van der Waals surface area contributed by atoms with Crippen molar-refractivity contribution < 1.29 is 31.4 Å². The van der Waals surface area contributed by atoms with Gasteiger partial charge in [0.05, 0.1) is 23.3 Å². The number of aromatic nitrogens is 2. The fourth-order valence-corrected chi connectivity index (χ4v) is 16.3. The molecule has 0 saturated heterocycles. The largest absolute Gasteiger partial charge is 0.500 e. The van der Waals surface area contributed by atoms with Gasteiger partial charge in [-0.05, 0) is 74.0 Å². The van der Waals surface area contributed by atoms with Crippen molar-refractivity contribution in [3.8, 4) is 0 Å². The highest BCUT2D eigenvalue weighted by Gasteiger charge is 2.42. The molecule has 1 rings (SSSR count). The summed E-state index contributed by atoms with van der Waals surface area (Å²) >= 11 is 0. The number of rotatable bonds is 27. The van der Waals surface area contributed by atoms with Gasteiger partial charge in [0, 0.05) is 70.1 Å². The lowest BCUT2D eigenvalue weighted by Gasteiger charge is -2.29. The number of nitrogens with one attached hydrogen (secondary N) is 1. The van der Waals surface area contributed by atoms with Gasteiger partial charge in [-0.25, -0.2) is 4.98 Å². The predicted octanol–water partition coefficient (Wildman–Crippen LogP) is 5.77. The molecule has 1 aromatic rings. The van der Waals surface area contributed by atoms with E-state index in [2.05, 4.69) is 9.97 Å². The third-order valence-corrected chi connectivity index (χ3v) is 18.6. The van der Waals surface area contributed by atoms with Crippen LogP contribution in [0.1, 0.15) is 60.1 Å². The molecule has 0 saturated carbocycles. The van der Waals surface area contributed by atoms with Crippen LogP contribution in [0.3, 0.4) is 0 Å². The summed E-state index contributed by atoms with van der Waals surface area (Å²) in [6.07, 6.45) is 5.25. The van der Waals surface area contributed by atoms with Crippen molar-refractivity contribution in [2.45, 2.75) is 84.2 Å². The molecular weight excluding hydrogens is 627 g/mol. The lowest BCUT2D eigenvalue weighted by molar-refractivity contribution is -0.119. The Hall–Kier alpha value is 0.434. The van der Waals surface area contributed by atoms with Gasteiger partial charge in [-0.15, -0.1) is 0 Å². The number of carbonyl (C=O) groups excluding carboxylic acids is 1. The van der Waals surface area contributed by atoms with Gasteiger partial charge in [0.1, 0.15) is 0 Å². The first kappa shape index (κ1) is 38.5. The van der Waals surface area contributed by atoms with Crippen LogP contribution in [-0.4, -0.2) is 90.0 Å². The van der Waals surface area contributed by atoms with Crippen molar-refractivity contribution in [2.75, 3.05) is 45.4 Å².